The molecule has 1 aromatic rings. The van der Waals surface area contributed by atoms with Gasteiger partial charge in [0, 0.05) is 6.07 Å². The van der Waals surface area contributed by atoms with Gasteiger partial charge in [0.2, 0.25) is 15.9 Å². The van der Waals surface area contributed by atoms with E-state index in [2.05, 4.69) is 4.72 Å². The highest BCUT2D eigenvalue weighted by atomic mass is 35.5. The molecule has 1 amide bonds. The Labute approximate surface area is 120 Å². The van der Waals surface area contributed by atoms with Crippen LogP contribution in [0, 0.1) is 10.1 Å². The van der Waals surface area contributed by atoms with Gasteiger partial charge in [-0.05, 0) is 26.0 Å². The Morgan fingerprint density at radius 1 is 1.45 bits per heavy atom. The Hall–Kier alpha value is -1.71. The van der Waals surface area contributed by atoms with Gasteiger partial charge in [-0.15, -0.1) is 0 Å². The maximum absolute atomic E-state index is 12.1. The molecule has 0 bridgehead atoms. The normalized spacial score (nSPS) is 12.2. The van der Waals surface area contributed by atoms with Crippen LogP contribution in [0.25, 0.3) is 0 Å². The molecule has 0 aliphatic heterocycles. The van der Waals surface area contributed by atoms with E-state index in [1.807, 2.05) is 0 Å². The molecular formula is C10H12ClN3O5S. The number of nitro groups is 1. The zero-order valence-electron chi connectivity index (χ0n) is 10.6. The Balaban J connectivity index is 3.27. The molecule has 1 rings (SSSR count). The fourth-order valence-corrected chi connectivity index (χ4v) is 2.84. The molecular weight excluding hydrogens is 310 g/mol. The smallest absolute Gasteiger partial charge is 0.289 e. The van der Waals surface area contributed by atoms with Gasteiger partial charge in [-0.25, -0.2) is 8.42 Å². The van der Waals surface area contributed by atoms with Crippen LogP contribution < -0.4 is 10.5 Å². The molecule has 110 valence electrons. The van der Waals surface area contributed by atoms with Gasteiger partial charge < -0.3 is 5.73 Å². The molecule has 0 atom stereocenters. The lowest BCUT2D eigenvalue weighted by molar-refractivity contribution is -0.384. The SMILES string of the molecule is CC(C)(NS(=O)(=O)c1ccc(Cl)c([N+](=O)[O-])c1)C(N)=O. The lowest BCUT2D eigenvalue weighted by Crippen LogP contribution is -2.52. The number of carbonyl (C=O) groups is 1. The van der Waals surface area contributed by atoms with E-state index in [4.69, 9.17) is 17.3 Å². The third kappa shape index (κ3) is 3.44. The standard InChI is InChI=1S/C10H12ClN3O5S/c1-10(2,9(12)15)13-20(18,19)6-3-4-7(11)8(5-6)14(16)17/h3-5,13H,1-2H3,(H2,12,15). The monoisotopic (exact) mass is 321 g/mol. The van der Waals surface area contributed by atoms with Crippen molar-refractivity contribution in [1.29, 1.82) is 0 Å². The lowest BCUT2D eigenvalue weighted by atomic mass is 10.1. The number of nitrogens with two attached hydrogens (primary N) is 1. The first-order valence-electron chi connectivity index (χ1n) is 5.25. The van der Waals surface area contributed by atoms with Crippen LogP contribution in [0.4, 0.5) is 5.69 Å². The molecule has 20 heavy (non-hydrogen) atoms. The molecule has 0 radical (unpaired) electrons. The number of primary amides is 1. The van der Waals surface area contributed by atoms with Crippen LogP contribution in [0.15, 0.2) is 23.1 Å². The average Bonchev–Trinajstić information content (AvgIpc) is 2.27. The van der Waals surface area contributed by atoms with Crippen LogP contribution in [0.3, 0.4) is 0 Å². The Bertz CT molecular complexity index is 671. The van der Waals surface area contributed by atoms with Crippen molar-refractivity contribution in [3.05, 3.63) is 33.3 Å². The zero-order valence-corrected chi connectivity index (χ0v) is 12.2. The summed E-state index contributed by atoms with van der Waals surface area (Å²) in [5.74, 6) is -0.885. The van der Waals surface area contributed by atoms with Crippen molar-refractivity contribution in [2.24, 2.45) is 5.73 Å². The fraction of sp³-hybridized carbons (Fsp3) is 0.300. The van der Waals surface area contributed by atoms with Crippen LogP contribution in [0.5, 0.6) is 0 Å². The summed E-state index contributed by atoms with van der Waals surface area (Å²) in [6.07, 6.45) is 0. The van der Waals surface area contributed by atoms with E-state index in [1.165, 1.54) is 13.8 Å². The van der Waals surface area contributed by atoms with Crippen molar-refractivity contribution in [2.45, 2.75) is 24.3 Å². The molecule has 0 aliphatic rings. The van der Waals surface area contributed by atoms with Gasteiger partial charge in [-0.3, -0.25) is 14.9 Å². The minimum absolute atomic E-state index is 0.192. The number of hydrogen-bond acceptors (Lipinski definition) is 5. The van der Waals surface area contributed by atoms with E-state index in [1.54, 1.807) is 0 Å². The summed E-state index contributed by atoms with van der Waals surface area (Å²) in [4.78, 5) is 20.7. The summed E-state index contributed by atoms with van der Waals surface area (Å²) in [5.41, 5.74) is 2.98. The number of nitrogens with zero attached hydrogens (tertiary/aromatic N) is 1. The molecule has 8 nitrogen and oxygen atoms in total. The molecule has 0 saturated heterocycles. The number of sulfonamides is 1. The van der Waals surface area contributed by atoms with Gasteiger partial charge >= 0.3 is 0 Å². The maximum Gasteiger partial charge on any atom is 0.289 e. The number of nitro benzene ring substituents is 1. The Morgan fingerprint density at radius 2 is 2.00 bits per heavy atom. The third-order valence-corrected chi connectivity index (χ3v) is 4.40. The second-order valence-corrected chi connectivity index (χ2v) is 6.55. The molecule has 0 aliphatic carbocycles. The van der Waals surface area contributed by atoms with Crippen molar-refractivity contribution in [2.75, 3.05) is 0 Å². The molecule has 3 N–H and O–H groups in total. The summed E-state index contributed by atoms with van der Waals surface area (Å²) >= 11 is 5.59. The van der Waals surface area contributed by atoms with E-state index in [0.29, 0.717) is 0 Å². The van der Waals surface area contributed by atoms with Crippen LogP contribution in [0.2, 0.25) is 5.02 Å². The van der Waals surface area contributed by atoms with E-state index < -0.39 is 32.1 Å². The second kappa shape index (κ2) is 5.35. The van der Waals surface area contributed by atoms with Crippen LogP contribution in [0.1, 0.15) is 13.8 Å². The first-order chi connectivity index (χ1) is 8.97. The number of benzene rings is 1. The maximum atomic E-state index is 12.1. The van der Waals surface area contributed by atoms with Crippen LogP contribution >= 0.6 is 11.6 Å². The summed E-state index contributed by atoms with van der Waals surface area (Å²) in [5, 5.41) is 10.5. The number of amides is 1. The molecule has 0 saturated carbocycles. The van der Waals surface area contributed by atoms with Crippen LogP contribution in [-0.2, 0) is 14.8 Å². The highest BCUT2D eigenvalue weighted by Gasteiger charge is 2.32. The van der Waals surface area contributed by atoms with Crippen molar-refractivity contribution < 1.29 is 18.1 Å². The number of nitrogens with one attached hydrogen (secondary N) is 1. The van der Waals surface area contributed by atoms with E-state index in [9.17, 15) is 23.3 Å². The predicted octanol–water partition coefficient (Wildman–Crippen LogP) is 0.790. The summed E-state index contributed by atoms with van der Waals surface area (Å²) < 4.78 is 26.2. The second-order valence-electron chi connectivity index (χ2n) is 4.47. The number of halogens is 1. The number of hydrogen-bond donors (Lipinski definition) is 2. The van der Waals surface area contributed by atoms with Crippen molar-refractivity contribution in [1.82, 2.24) is 4.72 Å². The Kier molecular flexibility index (Phi) is 4.37. The van der Waals surface area contributed by atoms with Gasteiger partial charge in [0.25, 0.3) is 5.69 Å². The summed E-state index contributed by atoms with van der Waals surface area (Å²) in [6, 6.07) is 2.99. The van der Waals surface area contributed by atoms with E-state index >= 15 is 0 Å². The quantitative estimate of drug-likeness (QED) is 0.611. The minimum Gasteiger partial charge on any atom is -0.368 e. The van der Waals surface area contributed by atoms with Gasteiger partial charge in [0.05, 0.1) is 9.82 Å². The van der Waals surface area contributed by atoms with Crippen molar-refractivity contribution in [3.63, 3.8) is 0 Å². The third-order valence-electron chi connectivity index (χ3n) is 2.43. The van der Waals surface area contributed by atoms with Gasteiger partial charge in [0.15, 0.2) is 0 Å². The molecule has 0 spiro atoms. The Morgan fingerprint density at radius 3 is 2.45 bits per heavy atom. The average molecular weight is 322 g/mol. The van der Waals surface area contributed by atoms with Crippen molar-refractivity contribution >= 4 is 33.2 Å². The van der Waals surface area contributed by atoms with Crippen LogP contribution in [-0.4, -0.2) is 24.8 Å². The largest absolute Gasteiger partial charge is 0.368 e. The molecule has 0 unspecified atom stereocenters. The van der Waals surface area contributed by atoms with Gasteiger partial charge in [-0.2, -0.15) is 4.72 Å². The minimum atomic E-state index is -4.15. The first kappa shape index (κ1) is 16.3. The highest BCUT2D eigenvalue weighted by molar-refractivity contribution is 7.89. The first-order valence-corrected chi connectivity index (χ1v) is 7.11. The summed E-state index contributed by atoms with van der Waals surface area (Å²) in [7, 11) is -4.15. The topological polar surface area (TPSA) is 132 Å². The number of carbonyl (C=O) groups excluding carboxylic acids is 1. The zero-order chi connectivity index (χ0) is 15.7. The van der Waals surface area contributed by atoms with Gasteiger partial charge in [0.1, 0.15) is 10.6 Å². The molecule has 1 aromatic carbocycles. The predicted molar refractivity (Wildman–Crippen MR) is 71.7 cm³/mol. The van der Waals surface area contributed by atoms with Gasteiger partial charge in [-0.1, -0.05) is 11.6 Å². The fourth-order valence-electron chi connectivity index (χ4n) is 1.24. The van der Waals surface area contributed by atoms with E-state index in [0.717, 1.165) is 18.2 Å². The lowest BCUT2D eigenvalue weighted by Gasteiger charge is -2.21. The van der Waals surface area contributed by atoms with E-state index in [-0.39, 0.29) is 9.92 Å². The highest BCUT2D eigenvalue weighted by Crippen LogP contribution is 2.27. The molecule has 0 heterocycles. The molecule has 0 aromatic heterocycles. The molecule has 0 fully saturated rings. The van der Waals surface area contributed by atoms with Crippen molar-refractivity contribution in [3.8, 4) is 0 Å². The number of rotatable bonds is 5. The summed E-state index contributed by atoms with van der Waals surface area (Å²) in [6.45, 7) is 2.55. The molecule has 10 heteroatoms.